The van der Waals surface area contributed by atoms with Gasteiger partial charge in [-0.3, -0.25) is 4.79 Å². The van der Waals surface area contributed by atoms with Crippen LogP contribution in [0.15, 0.2) is 56.5 Å². The number of aromatic nitrogens is 1. The third-order valence-corrected chi connectivity index (χ3v) is 5.14. The molecular weight excluding hydrogens is 310 g/mol. The summed E-state index contributed by atoms with van der Waals surface area (Å²) < 4.78 is 1.71. The summed E-state index contributed by atoms with van der Waals surface area (Å²) in [6, 6.07) is 13.4. The SMILES string of the molecule is Cc1ccc2sc(Sc3ccc(Cl)cc3)nc(=O)c2c1. The fourth-order valence-electron chi connectivity index (χ4n) is 1.81. The van der Waals surface area contributed by atoms with Crippen molar-refractivity contribution < 1.29 is 0 Å². The van der Waals surface area contributed by atoms with E-state index in [1.165, 1.54) is 23.1 Å². The number of aryl methyl sites for hydroxylation is 1. The van der Waals surface area contributed by atoms with Crippen molar-refractivity contribution in [3.05, 3.63) is 63.4 Å². The lowest BCUT2D eigenvalue weighted by Gasteiger charge is -2.02. The Kier molecular flexibility index (Phi) is 3.78. The van der Waals surface area contributed by atoms with Gasteiger partial charge in [-0.25, -0.2) is 0 Å². The van der Waals surface area contributed by atoms with E-state index >= 15 is 0 Å². The van der Waals surface area contributed by atoms with E-state index in [9.17, 15) is 4.79 Å². The molecule has 5 heteroatoms. The molecular formula is C15H10ClNOS2. The number of benzene rings is 2. The summed E-state index contributed by atoms with van der Waals surface area (Å²) in [7, 11) is 0. The normalized spacial score (nSPS) is 10.9. The van der Waals surface area contributed by atoms with Crippen molar-refractivity contribution in [1.29, 1.82) is 0 Å². The van der Waals surface area contributed by atoms with E-state index in [0.29, 0.717) is 10.4 Å². The molecule has 20 heavy (non-hydrogen) atoms. The number of hydrogen-bond acceptors (Lipinski definition) is 4. The highest BCUT2D eigenvalue weighted by Crippen LogP contribution is 2.31. The average Bonchev–Trinajstić information content (AvgIpc) is 2.42. The number of hydrogen-bond donors (Lipinski definition) is 0. The van der Waals surface area contributed by atoms with Crippen LogP contribution in [0.1, 0.15) is 5.56 Å². The molecule has 0 saturated heterocycles. The summed E-state index contributed by atoms with van der Waals surface area (Å²) in [5.41, 5.74) is 0.903. The van der Waals surface area contributed by atoms with Gasteiger partial charge in [0.15, 0.2) is 4.34 Å². The first kappa shape index (κ1) is 13.6. The molecule has 3 rings (SSSR count). The third kappa shape index (κ3) is 2.87. The number of rotatable bonds is 2. The van der Waals surface area contributed by atoms with Crippen molar-refractivity contribution in [1.82, 2.24) is 4.98 Å². The van der Waals surface area contributed by atoms with Crippen LogP contribution in [0.25, 0.3) is 10.1 Å². The molecule has 2 nitrogen and oxygen atoms in total. The van der Waals surface area contributed by atoms with Gasteiger partial charge in [0.1, 0.15) is 0 Å². The Morgan fingerprint density at radius 3 is 2.65 bits per heavy atom. The molecule has 0 amide bonds. The van der Waals surface area contributed by atoms with Crippen LogP contribution in [0, 0.1) is 6.92 Å². The Morgan fingerprint density at radius 1 is 1.15 bits per heavy atom. The van der Waals surface area contributed by atoms with E-state index in [4.69, 9.17) is 11.6 Å². The minimum absolute atomic E-state index is 0.168. The van der Waals surface area contributed by atoms with Gasteiger partial charge in [-0.15, -0.1) is 11.3 Å². The van der Waals surface area contributed by atoms with E-state index in [1.807, 2.05) is 49.4 Å². The van der Waals surface area contributed by atoms with Gasteiger partial charge in [-0.05, 0) is 43.3 Å². The maximum Gasteiger partial charge on any atom is 0.280 e. The molecule has 0 radical (unpaired) electrons. The second-order valence-corrected chi connectivity index (χ2v) is 7.13. The zero-order valence-corrected chi connectivity index (χ0v) is 13.0. The molecule has 0 bridgehead atoms. The van der Waals surface area contributed by atoms with Crippen molar-refractivity contribution in [2.24, 2.45) is 0 Å². The third-order valence-electron chi connectivity index (χ3n) is 2.77. The van der Waals surface area contributed by atoms with Crippen LogP contribution in [0.5, 0.6) is 0 Å². The molecule has 0 fully saturated rings. The monoisotopic (exact) mass is 319 g/mol. The molecule has 1 aromatic heterocycles. The summed E-state index contributed by atoms with van der Waals surface area (Å²) in [5, 5.41) is 1.39. The minimum Gasteiger partial charge on any atom is -0.267 e. The first-order chi connectivity index (χ1) is 9.61. The number of fused-ring (bicyclic) bond motifs is 1. The molecule has 0 unspecified atom stereocenters. The van der Waals surface area contributed by atoms with E-state index in [2.05, 4.69) is 4.98 Å². The van der Waals surface area contributed by atoms with Gasteiger partial charge in [0.2, 0.25) is 0 Å². The zero-order valence-electron chi connectivity index (χ0n) is 10.6. The van der Waals surface area contributed by atoms with Gasteiger partial charge in [0, 0.05) is 14.6 Å². The van der Waals surface area contributed by atoms with Gasteiger partial charge in [0.05, 0.1) is 5.39 Å². The number of nitrogens with zero attached hydrogens (tertiary/aromatic N) is 1. The Labute approximate surface area is 129 Å². The smallest absolute Gasteiger partial charge is 0.267 e. The molecule has 0 saturated carbocycles. The van der Waals surface area contributed by atoms with Crippen LogP contribution in [0.4, 0.5) is 0 Å². The van der Waals surface area contributed by atoms with Crippen LogP contribution in [-0.2, 0) is 0 Å². The molecule has 0 N–H and O–H groups in total. The molecule has 3 aromatic rings. The minimum atomic E-state index is -0.168. The maximum atomic E-state index is 12.1. The Bertz CT molecular complexity index is 827. The molecule has 0 atom stereocenters. The highest BCUT2D eigenvalue weighted by atomic mass is 35.5. The van der Waals surface area contributed by atoms with Crippen LogP contribution >= 0.6 is 34.7 Å². The lowest BCUT2D eigenvalue weighted by Crippen LogP contribution is -2.05. The van der Waals surface area contributed by atoms with E-state index in [1.54, 1.807) is 0 Å². The fourth-order valence-corrected chi connectivity index (χ4v) is 3.97. The second kappa shape index (κ2) is 5.56. The average molecular weight is 320 g/mol. The van der Waals surface area contributed by atoms with Crippen molar-refractivity contribution >= 4 is 44.8 Å². The highest BCUT2D eigenvalue weighted by Gasteiger charge is 2.06. The predicted molar refractivity (Wildman–Crippen MR) is 86.2 cm³/mol. The highest BCUT2D eigenvalue weighted by molar-refractivity contribution is 8.01. The second-order valence-electron chi connectivity index (χ2n) is 4.34. The molecule has 1 heterocycles. The lowest BCUT2D eigenvalue weighted by atomic mass is 10.2. The van der Waals surface area contributed by atoms with Crippen LogP contribution < -0.4 is 5.56 Å². The molecule has 0 aliphatic carbocycles. The summed E-state index contributed by atoms with van der Waals surface area (Å²) in [4.78, 5) is 17.2. The molecule has 0 aliphatic heterocycles. The van der Waals surface area contributed by atoms with Crippen molar-refractivity contribution in [3.8, 4) is 0 Å². The lowest BCUT2D eigenvalue weighted by molar-refractivity contribution is 1.17. The summed E-state index contributed by atoms with van der Waals surface area (Å²) in [6.07, 6.45) is 0. The van der Waals surface area contributed by atoms with Crippen molar-refractivity contribution in [2.75, 3.05) is 0 Å². The topological polar surface area (TPSA) is 30.0 Å². The van der Waals surface area contributed by atoms with Crippen molar-refractivity contribution in [2.45, 2.75) is 16.2 Å². The van der Waals surface area contributed by atoms with E-state index in [-0.39, 0.29) is 5.56 Å². The first-order valence-corrected chi connectivity index (χ1v) is 7.98. The largest absolute Gasteiger partial charge is 0.280 e. The summed E-state index contributed by atoms with van der Waals surface area (Å²) in [5.74, 6) is 0. The molecule has 0 spiro atoms. The van der Waals surface area contributed by atoms with Crippen molar-refractivity contribution in [3.63, 3.8) is 0 Å². The summed E-state index contributed by atoms with van der Waals surface area (Å²) in [6.45, 7) is 1.97. The van der Waals surface area contributed by atoms with E-state index < -0.39 is 0 Å². The summed E-state index contributed by atoms with van der Waals surface area (Å²) >= 11 is 8.87. The standard InChI is InChI=1S/C15H10ClNOS2/c1-9-2-7-13-12(8-9)14(18)17-15(20-13)19-11-5-3-10(16)4-6-11/h2-8H,1H3. The van der Waals surface area contributed by atoms with Crippen LogP contribution in [0.2, 0.25) is 5.02 Å². The predicted octanol–water partition coefficient (Wildman–Crippen LogP) is 4.77. The Hall–Kier alpha value is -1.36. The van der Waals surface area contributed by atoms with Gasteiger partial charge < -0.3 is 0 Å². The zero-order chi connectivity index (χ0) is 14.1. The van der Waals surface area contributed by atoms with Gasteiger partial charge in [0.25, 0.3) is 5.56 Å². The van der Waals surface area contributed by atoms with E-state index in [0.717, 1.165) is 19.5 Å². The number of halogens is 1. The molecule has 2 aromatic carbocycles. The molecule has 100 valence electrons. The Balaban J connectivity index is 2.02. The Morgan fingerprint density at radius 2 is 1.90 bits per heavy atom. The van der Waals surface area contributed by atoms with Gasteiger partial charge in [-0.1, -0.05) is 35.0 Å². The fraction of sp³-hybridized carbons (Fsp3) is 0.0667. The van der Waals surface area contributed by atoms with Crippen LogP contribution in [0.3, 0.4) is 0 Å². The van der Waals surface area contributed by atoms with Gasteiger partial charge in [-0.2, -0.15) is 4.98 Å². The quantitative estimate of drug-likeness (QED) is 0.681. The molecule has 0 aliphatic rings. The maximum absolute atomic E-state index is 12.1. The van der Waals surface area contributed by atoms with Crippen LogP contribution in [-0.4, -0.2) is 4.98 Å². The van der Waals surface area contributed by atoms with Gasteiger partial charge >= 0.3 is 0 Å². The first-order valence-electron chi connectivity index (χ1n) is 5.97.